The summed E-state index contributed by atoms with van der Waals surface area (Å²) in [6, 6.07) is 19.5. The Hall–Kier alpha value is -3.34. The van der Waals surface area contributed by atoms with E-state index in [2.05, 4.69) is 35.5 Å². The summed E-state index contributed by atoms with van der Waals surface area (Å²) in [7, 11) is 1.68. The van der Waals surface area contributed by atoms with E-state index in [4.69, 9.17) is 4.74 Å². The zero-order chi connectivity index (χ0) is 20.6. The highest BCUT2D eigenvalue weighted by molar-refractivity contribution is 6.02. The van der Waals surface area contributed by atoms with Crippen LogP contribution in [0, 0.1) is 0 Å². The number of benzene rings is 2. The third-order valence-corrected chi connectivity index (χ3v) is 4.75. The highest BCUT2D eigenvalue weighted by Crippen LogP contribution is 2.19. The van der Waals surface area contributed by atoms with Crippen molar-refractivity contribution in [2.24, 2.45) is 0 Å². The number of carbonyl (C=O) groups is 1. The fourth-order valence-electron chi connectivity index (χ4n) is 3.03. The number of nitrogens with one attached hydrogen (secondary N) is 2. The molecule has 0 saturated heterocycles. The number of pyridine rings is 1. The number of anilines is 2. The van der Waals surface area contributed by atoms with E-state index in [0.29, 0.717) is 11.6 Å². The second kappa shape index (κ2) is 9.73. The van der Waals surface area contributed by atoms with Gasteiger partial charge in [0.15, 0.2) is 0 Å². The molecule has 3 aromatic rings. The van der Waals surface area contributed by atoms with Gasteiger partial charge in [-0.05, 0) is 53.8 Å². The summed E-state index contributed by atoms with van der Waals surface area (Å²) >= 11 is 0. The number of nitrogens with zero attached hydrogens (tertiary/aromatic N) is 1. The van der Waals surface area contributed by atoms with Crippen LogP contribution in [0.1, 0.15) is 41.4 Å². The Labute approximate surface area is 172 Å². The lowest BCUT2D eigenvalue weighted by Crippen LogP contribution is -2.14. The molecule has 0 fully saturated rings. The lowest BCUT2D eigenvalue weighted by Gasteiger charge is -2.10. The summed E-state index contributed by atoms with van der Waals surface area (Å²) in [4.78, 5) is 16.7. The number of aromatic nitrogens is 1. The van der Waals surface area contributed by atoms with E-state index in [-0.39, 0.29) is 5.91 Å². The van der Waals surface area contributed by atoms with E-state index in [1.54, 1.807) is 19.4 Å². The topological polar surface area (TPSA) is 63.2 Å². The van der Waals surface area contributed by atoms with Crippen molar-refractivity contribution in [2.45, 2.75) is 26.2 Å². The Morgan fingerprint density at radius 1 is 1.00 bits per heavy atom. The SMILES string of the molecule is COc1ccccc1CCNc1ccc(C(=O)Nc2ccc(C(C)C)cc2)nc1. The van der Waals surface area contributed by atoms with Crippen molar-refractivity contribution < 1.29 is 9.53 Å². The fourth-order valence-corrected chi connectivity index (χ4v) is 3.03. The Morgan fingerprint density at radius 2 is 1.72 bits per heavy atom. The molecule has 0 spiro atoms. The van der Waals surface area contributed by atoms with Crippen molar-refractivity contribution >= 4 is 17.3 Å². The van der Waals surface area contributed by atoms with E-state index >= 15 is 0 Å². The maximum absolute atomic E-state index is 12.4. The fraction of sp³-hybridized carbons (Fsp3) is 0.250. The molecule has 1 amide bonds. The van der Waals surface area contributed by atoms with Gasteiger partial charge in [-0.15, -0.1) is 0 Å². The molecule has 0 aliphatic heterocycles. The van der Waals surface area contributed by atoms with Crippen molar-refractivity contribution in [1.82, 2.24) is 4.98 Å². The zero-order valence-electron chi connectivity index (χ0n) is 17.1. The van der Waals surface area contributed by atoms with Crippen molar-refractivity contribution in [1.29, 1.82) is 0 Å². The van der Waals surface area contributed by atoms with Crippen LogP contribution in [0.15, 0.2) is 66.9 Å². The van der Waals surface area contributed by atoms with Crippen LogP contribution in [0.4, 0.5) is 11.4 Å². The highest BCUT2D eigenvalue weighted by atomic mass is 16.5. The zero-order valence-corrected chi connectivity index (χ0v) is 17.1. The molecule has 0 aliphatic carbocycles. The quantitative estimate of drug-likeness (QED) is 0.561. The molecule has 1 aromatic heterocycles. The number of hydrogen-bond donors (Lipinski definition) is 2. The Balaban J connectivity index is 1.53. The molecule has 2 aromatic carbocycles. The summed E-state index contributed by atoms with van der Waals surface area (Å²) in [6.07, 6.45) is 2.51. The number of methoxy groups -OCH3 is 1. The minimum absolute atomic E-state index is 0.220. The largest absolute Gasteiger partial charge is 0.496 e. The molecule has 0 aliphatic rings. The van der Waals surface area contributed by atoms with Crippen molar-refractivity contribution in [3.8, 4) is 5.75 Å². The van der Waals surface area contributed by atoms with Gasteiger partial charge in [0.25, 0.3) is 5.91 Å². The first-order valence-corrected chi connectivity index (χ1v) is 9.80. The Morgan fingerprint density at radius 3 is 2.38 bits per heavy atom. The van der Waals surface area contributed by atoms with Crippen LogP contribution in [0.5, 0.6) is 5.75 Å². The molecule has 2 N–H and O–H groups in total. The molecule has 0 radical (unpaired) electrons. The average Bonchev–Trinajstić information content (AvgIpc) is 2.75. The summed E-state index contributed by atoms with van der Waals surface area (Å²) in [5.74, 6) is 1.13. The molecule has 29 heavy (non-hydrogen) atoms. The standard InChI is InChI=1S/C24H27N3O2/c1-17(2)18-8-10-20(11-9-18)27-24(28)22-13-12-21(16-26-22)25-15-14-19-6-4-5-7-23(19)29-3/h4-13,16-17,25H,14-15H2,1-3H3,(H,27,28). The molecule has 5 nitrogen and oxygen atoms in total. The van der Waals surface area contributed by atoms with Crippen LogP contribution in [-0.4, -0.2) is 24.5 Å². The van der Waals surface area contributed by atoms with Crippen LogP contribution in [-0.2, 0) is 6.42 Å². The summed E-state index contributed by atoms with van der Waals surface area (Å²) < 4.78 is 5.37. The molecule has 0 unspecified atom stereocenters. The second-order valence-electron chi connectivity index (χ2n) is 7.15. The van der Waals surface area contributed by atoms with Crippen LogP contribution < -0.4 is 15.4 Å². The monoisotopic (exact) mass is 389 g/mol. The van der Waals surface area contributed by atoms with Crippen LogP contribution in [0.2, 0.25) is 0 Å². The molecule has 1 heterocycles. The first kappa shape index (κ1) is 20.4. The number of hydrogen-bond acceptors (Lipinski definition) is 4. The molecule has 0 saturated carbocycles. The smallest absolute Gasteiger partial charge is 0.274 e. The van der Waals surface area contributed by atoms with Crippen LogP contribution in [0.3, 0.4) is 0 Å². The van der Waals surface area contributed by atoms with Gasteiger partial charge < -0.3 is 15.4 Å². The third-order valence-electron chi connectivity index (χ3n) is 4.75. The van der Waals surface area contributed by atoms with Gasteiger partial charge in [-0.2, -0.15) is 0 Å². The predicted molar refractivity (Wildman–Crippen MR) is 118 cm³/mol. The van der Waals surface area contributed by atoms with Gasteiger partial charge >= 0.3 is 0 Å². The Kier molecular flexibility index (Phi) is 6.85. The molecule has 150 valence electrons. The lowest BCUT2D eigenvalue weighted by molar-refractivity contribution is 0.102. The lowest BCUT2D eigenvalue weighted by atomic mass is 10.0. The first-order chi connectivity index (χ1) is 14.1. The number of carbonyl (C=O) groups excluding carboxylic acids is 1. The van der Waals surface area contributed by atoms with Gasteiger partial charge in [0.1, 0.15) is 11.4 Å². The van der Waals surface area contributed by atoms with Crippen LogP contribution in [0.25, 0.3) is 0 Å². The van der Waals surface area contributed by atoms with E-state index in [1.807, 2.05) is 48.5 Å². The summed E-state index contributed by atoms with van der Waals surface area (Å²) in [6.45, 7) is 5.03. The molecule has 0 bridgehead atoms. The van der Waals surface area contributed by atoms with Crippen LogP contribution >= 0.6 is 0 Å². The van der Waals surface area contributed by atoms with Gasteiger partial charge in [0.2, 0.25) is 0 Å². The third kappa shape index (κ3) is 5.57. The number of ether oxygens (including phenoxy) is 1. The maximum Gasteiger partial charge on any atom is 0.274 e. The molecular weight excluding hydrogens is 362 g/mol. The number of para-hydroxylation sites is 1. The maximum atomic E-state index is 12.4. The van der Waals surface area contributed by atoms with E-state index in [9.17, 15) is 4.79 Å². The first-order valence-electron chi connectivity index (χ1n) is 9.80. The minimum Gasteiger partial charge on any atom is -0.496 e. The van der Waals surface area contributed by atoms with Crippen molar-refractivity contribution in [3.63, 3.8) is 0 Å². The average molecular weight is 389 g/mol. The Bertz CT molecular complexity index is 935. The van der Waals surface area contributed by atoms with E-state index in [0.717, 1.165) is 35.7 Å². The van der Waals surface area contributed by atoms with Gasteiger partial charge in [0, 0.05) is 12.2 Å². The highest BCUT2D eigenvalue weighted by Gasteiger charge is 2.08. The van der Waals surface area contributed by atoms with Crippen molar-refractivity contribution in [3.05, 3.63) is 83.7 Å². The van der Waals surface area contributed by atoms with Gasteiger partial charge in [-0.3, -0.25) is 4.79 Å². The number of amides is 1. The minimum atomic E-state index is -0.220. The summed E-state index contributed by atoms with van der Waals surface area (Å²) in [5.41, 5.74) is 4.41. The number of rotatable bonds is 8. The predicted octanol–water partition coefficient (Wildman–Crippen LogP) is 5.12. The van der Waals surface area contributed by atoms with E-state index in [1.165, 1.54) is 5.56 Å². The summed E-state index contributed by atoms with van der Waals surface area (Å²) in [5, 5.41) is 6.21. The van der Waals surface area contributed by atoms with Crippen molar-refractivity contribution in [2.75, 3.05) is 24.3 Å². The van der Waals surface area contributed by atoms with Gasteiger partial charge in [-0.25, -0.2) is 4.98 Å². The normalized spacial score (nSPS) is 10.6. The second-order valence-corrected chi connectivity index (χ2v) is 7.15. The molecule has 5 heteroatoms. The van der Waals surface area contributed by atoms with Gasteiger partial charge in [0.05, 0.1) is 19.0 Å². The van der Waals surface area contributed by atoms with Gasteiger partial charge in [-0.1, -0.05) is 44.2 Å². The van der Waals surface area contributed by atoms with E-state index < -0.39 is 0 Å². The molecule has 3 rings (SSSR count). The molecule has 0 atom stereocenters. The molecular formula is C24H27N3O2.